The molecule has 0 saturated heterocycles. The maximum absolute atomic E-state index is 5.33. The van der Waals surface area contributed by atoms with Crippen LogP contribution in [0.5, 0.6) is 0 Å². The van der Waals surface area contributed by atoms with Crippen molar-refractivity contribution < 1.29 is 4.74 Å². The van der Waals surface area contributed by atoms with E-state index in [0.29, 0.717) is 11.8 Å². The highest BCUT2D eigenvalue weighted by atomic mass is 32.1. The smallest absolute Gasteiger partial charge is 0.258 e. The Bertz CT molecular complexity index is 138. The first-order valence-corrected chi connectivity index (χ1v) is 4.08. The van der Waals surface area contributed by atoms with Gasteiger partial charge in [0.05, 0.1) is 6.61 Å². The molecule has 0 atom stereocenters. The molecule has 0 aromatic rings. The Morgan fingerprint density at radius 1 is 1.36 bits per heavy atom. The van der Waals surface area contributed by atoms with Crippen molar-refractivity contribution in [1.82, 2.24) is 4.90 Å². The third-order valence-electron chi connectivity index (χ3n) is 0.994. The fraction of sp³-hybridized carbons (Fsp3) is 0.875. The summed E-state index contributed by atoms with van der Waals surface area (Å²) in [7, 11) is 3.76. The van der Waals surface area contributed by atoms with E-state index in [-0.39, 0.29) is 5.41 Å². The summed E-state index contributed by atoms with van der Waals surface area (Å²) >= 11 is 4.95. The van der Waals surface area contributed by atoms with Crippen molar-refractivity contribution in [3.63, 3.8) is 0 Å². The van der Waals surface area contributed by atoms with Gasteiger partial charge in [-0.05, 0) is 17.6 Å². The lowest BCUT2D eigenvalue weighted by molar-refractivity contribution is 0.171. The van der Waals surface area contributed by atoms with Crippen LogP contribution in [0.25, 0.3) is 0 Å². The predicted octanol–water partition coefficient (Wildman–Crippen LogP) is 1.90. The highest BCUT2D eigenvalue weighted by Crippen LogP contribution is 2.13. The number of rotatable bonds is 1. The average molecular weight is 175 g/mol. The van der Waals surface area contributed by atoms with Gasteiger partial charge in [0.2, 0.25) is 0 Å². The number of thiocarbonyl (C=S) groups is 1. The van der Waals surface area contributed by atoms with Crippen LogP contribution < -0.4 is 0 Å². The van der Waals surface area contributed by atoms with Crippen LogP contribution >= 0.6 is 12.2 Å². The fourth-order valence-corrected chi connectivity index (χ4v) is 0.466. The van der Waals surface area contributed by atoms with Gasteiger partial charge in [-0.15, -0.1) is 0 Å². The molecule has 0 aliphatic carbocycles. The molecule has 0 bridgehead atoms. The summed E-state index contributed by atoms with van der Waals surface area (Å²) in [5.74, 6) is 0. The van der Waals surface area contributed by atoms with Crippen molar-refractivity contribution in [3.8, 4) is 0 Å². The van der Waals surface area contributed by atoms with Crippen LogP contribution in [0.3, 0.4) is 0 Å². The molecule has 0 spiro atoms. The molecule has 0 aliphatic heterocycles. The van der Waals surface area contributed by atoms with Crippen LogP contribution in [0, 0.1) is 5.41 Å². The number of ether oxygens (including phenoxy) is 1. The zero-order chi connectivity index (χ0) is 9.07. The molecule has 3 heteroatoms. The largest absolute Gasteiger partial charge is 0.470 e. The van der Waals surface area contributed by atoms with Crippen molar-refractivity contribution in [1.29, 1.82) is 0 Å². The number of hydrogen-bond acceptors (Lipinski definition) is 2. The summed E-state index contributed by atoms with van der Waals surface area (Å²) in [6.07, 6.45) is 0. The molecule has 0 aromatic heterocycles. The maximum Gasteiger partial charge on any atom is 0.258 e. The van der Waals surface area contributed by atoms with E-state index in [4.69, 9.17) is 17.0 Å². The van der Waals surface area contributed by atoms with E-state index < -0.39 is 0 Å². The molecule has 0 aliphatic rings. The van der Waals surface area contributed by atoms with Crippen LogP contribution in [-0.4, -0.2) is 30.8 Å². The molecule has 0 saturated carbocycles. The second kappa shape index (κ2) is 3.90. The molecule has 0 aromatic carbocycles. The van der Waals surface area contributed by atoms with E-state index in [1.807, 2.05) is 14.1 Å². The van der Waals surface area contributed by atoms with E-state index in [0.717, 1.165) is 0 Å². The van der Waals surface area contributed by atoms with Gasteiger partial charge >= 0.3 is 0 Å². The van der Waals surface area contributed by atoms with Gasteiger partial charge in [0.15, 0.2) is 0 Å². The van der Waals surface area contributed by atoms with Gasteiger partial charge in [-0.3, -0.25) is 0 Å². The van der Waals surface area contributed by atoms with Gasteiger partial charge in [-0.1, -0.05) is 20.8 Å². The summed E-state index contributed by atoms with van der Waals surface area (Å²) in [5, 5.41) is 0.555. The zero-order valence-corrected chi connectivity index (χ0v) is 8.79. The summed E-state index contributed by atoms with van der Waals surface area (Å²) < 4.78 is 5.33. The number of nitrogens with zero attached hydrogens (tertiary/aromatic N) is 1. The third-order valence-corrected chi connectivity index (χ3v) is 1.48. The van der Waals surface area contributed by atoms with Gasteiger partial charge in [0.25, 0.3) is 5.17 Å². The van der Waals surface area contributed by atoms with E-state index >= 15 is 0 Å². The van der Waals surface area contributed by atoms with Gasteiger partial charge in [-0.25, -0.2) is 0 Å². The Kier molecular flexibility index (Phi) is 3.79. The minimum absolute atomic E-state index is 0.181. The highest BCUT2D eigenvalue weighted by molar-refractivity contribution is 7.80. The van der Waals surface area contributed by atoms with Crippen LogP contribution in [0.4, 0.5) is 0 Å². The average Bonchev–Trinajstić information content (AvgIpc) is 1.80. The third kappa shape index (κ3) is 6.10. The van der Waals surface area contributed by atoms with Crippen LogP contribution in [0.2, 0.25) is 0 Å². The molecule has 11 heavy (non-hydrogen) atoms. The molecule has 0 fully saturated rings. The summed E-state index contributed by atoms with van der Waals surface area (Å²) in [6.45, 7) is 7.02. The Morgan fingerprint density at radius 2 is 1.82 bits per heavy atom. The molecule has 66 valence electrons. The van der Waals surface area contributed by atoms with Gasteiger partial charge in [-0.2, -0.15) is 0 Å². The molecule has 0 N–H and O–H groups in total. The Balaban J connectivity index is 3.64. The van der Waals surface area contributed by atoms with Crippen molar-refractivity contribution in [3.05, 3.63) is 0 Å². The molecular weight excluding hydrogens is 158 g/mol. The molecule has 0 radical (unpaired) electrons. The van der Waals surface area contributed by atoms with E-state index in [9.17, 15) is 0 Å². The van der Waals surface area contributed by atoms with Crippen molar-refractivity contribution in [2.75, 3.05) is 20.7 Å². The second-order valence-corrected chi connectivity index (χ2v) is 4.36. The quantitative estimate of drug-likeness (QED) is 0.565. The van der Waals surface area contributed by atoms with Gasteiger partial charge in [0, 0.05) is 14.1 Å². The zero-order valence-electron chi connectivity index (χ0n) is 7.97. The first kappa shape index (κ1) is 10.7. The minimum Gasteiger partial charge on any atom is -0.470 e. The SMILES string of the molecule is CN(C)C(=S)OCC(C)(C)C. The Morgan fingerprint density at radius 3 is 2.09 bits per heavy atom. The highest BCUT2D eigenvalue weighted by Gasteiger charge is 2.12. The lowest BCUT2D eigenvalue weighted by Gasteiger charge is -2.21. The molecule has 2 nitrogen and oxygen atoms in total. The lowest BCUT2D eigenvalue weighted by Crippen LogP contribution is -2.26. The standard InChI is InChI=1S/C8H17NOS/c1-8(2,3)6-10-7(11)9(4)5/h6H2,1-5H3. The first-order chi connectivity index (χ1) is 4.83. The fourth-order valence-electron chi connectivity index (χ4n) is 0.407. The molecular formula is C8H17NOS. The normalized spacial score (nSPS) is 11.0. The van der Waals surface area contributed by atoms with E-state index in [1.54, 1.807) is 4.90 Å². The van der Waals surface area contributed by atoms with Crippen molar-refractivity contribution in [2.24, 2.45) is 5.41 Å². The van der Waals surface area contributed by atoms with Crippen molar-refractivity contribution >= 4 is 17.4 Å². The predicted molar refractivity (Wildman–Crippen MR) is 51.7 cm³/mol. The molecule has 0 amide bonds. The minimum atomic E-state index is 0.181. The lowest BCUT2D eigenvalue weighted by atomic mass is 9.99. The maximum atomic E-state index is 5.33. The summed E-state index contributed by atoms with van der Waals surface area (Å²) in [4.78, 5) is 1.79. The first-order valence-electron chi connectivity index (χ1n) is 3.67. The van der Waals surface area contributed by atoms with Crippen LogP contribution in [0.1, 0.15) is 20.8 Å². The van der Waals surface area contributed by atoms with Crippen LogP contribution in [0.15, 0.2) is 0 Å². The summed E-state index contributed by atoms with van der Waals surface area (Å²) in [6, 6.07) is 0. The van der Waals surface area contributed by atoms with E-state index in [2.05, 4.69) is 20.8 Å². The van der Waals surface area contributed by atoms with Crippen LogP contribution in [-0.2, 0) is 4.74 Å². The van der Waals surface area contributed by atoms with E-state index in [1.165, 1.54) is 0 Å². The molecule has 0 heterocycles. The molecule has 0 rings (SSSR count). The second-order valence-electron chi connectivity index (χ2n) is 4.01. The number of hydrogen-bond donors (Lipinski definition) is 0. The molecule has 0 unspecified atom stereocenters. The topological polar surface area (TPSA) is 12.5 Å². The Labute approximate surface area is 74.5 Å². The monoisotopic (exact) mass is 175 g/mol. The van der Waals surface area contributed by atoms with Crippen molar-refractivity contribution in [2.45, 2.75) is 20.8 Å². The Hall–Kier alpha value is -0.310. The van der Waals surface area contributed by atoms with Gasteiger partial charge in [0.1, 0.15) is 0 Å². The van der Waals surface area contributed by atoms with Gasteiger partial charge < -0.3 is 9.64 Å². The summed E-state index contributed by atoms with van der Waals surface area (Å²) in [5.41, 5.74) is 0.181.